The van der Waals surface area contributed by atoms with Crippen molar-refractivity contribution < 1.29 is 18.7 Å². The topological polar surface area (TPSA) is 121 Å². The number of nitrogens with one attached hydrogen (secondary N) is 2. The van der Waals surface area contributed by atoms with Gasteiger partial charge >= 0.3 is 5.97 Å². The molecular weight excluding hydrogens is 417 g/mol. The number of aromatic nitrogens is 2. The van der Waals surface area contributed by atoms with E-state index in [1.54, 1.807) is 17.7 Å². The van der Waals surface area contributed by atoms with Crippen LogP contribution in [0, 0.1) is 5.82 Å². The molecule has 168 valence electrons. The van der Waals surface area contributed by atoms with Gasteiger partial charge < -0.3 is 30.4 Å². The highest BCUT2D eigenvalue weighted by Gasteiger charge is 2.30. The molecule has 0 spiro atoms. The zero-order valence-corrected chi connectivity index (χ0v) is 17.8. The fraction of sp³-hybridized carbons (Fsp3) is 0.318. The van der Waals surface area contributed by atoms with Crippen LogP contribution in [0.1, 0.15) is 30.2 Å². The van der Waals surface area contributed by atoms with E-state index < -0.39 is 17.2 Å². The monoisotopic (exact) mass is 441 g/mol. The first-order chi connectivity index (χ1) is 15.4. The molecule has 3 aromatic rings. The molecular formula is C22H24FN5O4. The molecule has 2 aromatic heterocycles. The van der Waals surface area contributed by atoms with Crippen molar-refractivity contribution in [2.24, 2.45) is 0 Å². The molecule has 4 rings (SSSR count). The van der Waals surface area contributed by atoms with Gasteiger partial charge in [0, 0.05) is 25.5 Å². The van der Waals surface area contributed by atoms with Crippen molar-refractivity contribution in [3.8, 4) is 5.75 Å². The largest absolute Gasteiger partial charge is 0.487 e. The summed E-state index contributed by atoms with van der Waals surface area (Å²) in [5.41, 5.74) is 5.26. The Hall–Kier alpha value is -3.82. The molecule has 1 aromatic carbocycles. The van der Waals surface area contributed by atoms with Crippen molar-refractivity contribution in [1.29, 1.82) is 0 Å². The molecule has 1 aliphatic rings. The van der Waals surface area contributed by atoms with Gasteiger partial charge in [-0.3, -0.25) is 4.79 Å². The lowest BCUT2D eigenvalue weighted by Gasteiger charge is -2.29. The number of anilines is 3. The summed E-state index contributed by atoms with van der Waals surface area (Å²) in [5.74, 6) is -0.690. The van der Waals surface area contributed by atoms with Crippen LogP contribution in [0.25, 0.3) is 10.9 Å². The van der Waals surface area contributed by atoms with E-state index in [0.29, 0.717) is 24.4 Å². The Morgan fingerprint density at radius 3 is 2.88 bits per heavy atom. The second-order valence-electron chi connectivity index (χ2n) is 7.38. The minimum Gasteiger partial charge on any atom is -0.487 e. The zero-order valence-electron chi connectivity index (χ0n) is 17.8. The van der Waals surface area contributed by atoms with E-state index in [2.05, 4.69) is 15.6 Å². The second kappa shape index (κ2) is 8.74. The number of carbonyl (C=O) groups is 1. The van der Waals surface area contributed by atoms with E-state index in [0.717, 1.165) is 0 Å². The van der Waals surface area contributed by atoms with E-state index in [-0.39, 0.29) is 47.3 Å². The van der Waals surface area contributed by atoms with Gasteiger partial charge in [0.2, 0.25) is 5.43 Å². The molecule has 10 heteroatoms. The molecule has 0 fully saturated rings. The molecule has 0 saturated heterocycles. The molecule has 3 heterocycles. The molecule has 1 atom stereocenters. The first-order valence-corrected chi connectivity index (χ1v) is 10.3. The summed E-state index contributed by atoms with van der Waals surface area (Å²) in [7, 11) is 0. The number of rotatable bonds is 7. The number of esters is 1. The average molecular weight is 441 g/mol. The molecule has 0 aliphatic carbocycles. The number of nitrogens with zero attached hydrogens (tertiary/aromatic N) is 2. The number of hydrogen-bond donors (Lipinski definition) is 3. The fourth-order valence-electron chi connectivity index (χ4n) is 3.71. The molecule has 0 unspecified atom stereocenters. The van der Waals surface area contributed by atoms with Gasteiger partial charge in [0.05, 0.1) is 29.2 Å². The normalized spacial score (nSPS) is 14.7. The van der Waals surface area contributed by atoms with Gasteiger partial charge in [-0.25, -0.2) is 14.2 Å². The fourth-order valence-corrected chi connectivity index (χ4v) is 3.71. The number of ether oxygens (including phenoxy) is 2. The Labute approximate surface area is 183 Å². The Balaban J connectivity index is 1.75. The van der Waals surface area contributed by atoms with Crippen molar-refractivity contribution in [2.75, 3.05) is 42.7 Å². The van der Waals surface area contributed by atoms with E-state index in [1.165, 1.54) is 6.20 Å². The Morgan fingerprint density at radius 2 is 2.16 bits per heavy atom. The molecule has 9 nitrogen and oxygen atoms in total. The summed E-state index contributed by atoms with van der Waals surface area (Å²) in [6.07, 6.45) is 3.10. The number of carbonyl (C=O) groups excluding carboxylic acids is 1. The number of pyridine rings is 2. The molecule has 0 bridgehead atoms. The molecule has 1 aliphatic heterocycles. The summed E-state index contributed by atoms with van der Waals surface area (Å²) in [6.45, 7) is 4.65. The van der Waals surface area contributed by atoms with Crippen LogP contribution < -0.4 is 26.5 Å². The SMILES string of the molecule is CCOC(=O)c1cn2c3c(c(NCCNc4ccccn4)c(F)c(N)c3c1=O)OC[C@@H]2C. The zero-order chi connectivity index (χ0) is 22.8. The lowest BCUT2D eigenvalue weighted by atomic mass is 10.0. The summed E-state index contributed by atoms with van der Waals surface area (Å²) < 4.78 is 27.8. The Bertz CT molecular complexity index is 1230. The predicted octanol–water partition coefficient (Wildman–Crippen LogP) is 2.77. The van der Waals surface area contributed by atoms with Crippen LogP contribution in [0.3, 0.4) is 0 Å². The second-order valence-corrected chi connectivity index (χ2v) is 7.38. The third kappa shape index (κ3) is 3.68. The van der Waals surface area contributed by atoms with Crippen LogP contribution >= 0.6 is 0 Å². The molecule has 0 saturated carbocycles. The highest BCUT2D eigenvalue weighted by Crippen LogP contribution is 2.43. The standard InChI is InChI=1S/C22H24FN5O4/c1-3-31-22(30)13-10-28-12(2)11-32-21-18(16(23)17(24)15(19(21)28)20(13)29)27-9-8-26-14-6-4-5-7-25-14/h4-7,10,12,27H,3,8-9,11,24H2,1-2H3,(H,25,26)/t12-/m0/s1. The minimum absolute atomic E-state index is 0.0711. The first-order valence-electron chi connectivity index (χ1n) is 10.3. The number of nitrogens with two attached hydrogens (primary N) is 1. The van der Waals surface area contributed by atoms with E-state index in [4.69, 9.17) is 15.2 Å². The summed E-state index contributed by atoms with van der Waals surface area (Å²) in [4.78, 5) is 29.5. The Morgan fingerprint density at radius 1 is 1.38 bits per heavy atom. The maximum atomic E-state index is 15.3. The average Bonchev–Trinajstić information content (AvgIpc) is 2.79. The van der Waals surface area contributed by atoms with E-state index >= 15 is 4.39 Å². The first kappa shape index (κ1) is 21.4. The van der Waals surface area contributed by atoms with Crippen LogP contribution in [-0.4, -0.2) is 41.8 Å². The van der Waals surface area contributed by atoms with Crippen molar-refractivity contribution in [3.63, 3.8) is 0 Å². The Kier molecular flexibility index (Phi) is 5.85. The van der Waals surface area contributed by atoms with Crippen molar-refractivity contribution in [2.45, 2.75) is 19.9 Å². The van der Waals surface area contributed by atoms with Crippen LogP contribution in [0.15, 0.2) is 35.4 Å². The van der Waals surface area contributed by atoms with Crippen molar-refractivity contribution in [3.05, 3.63) is 52.2 Å². The third-order valence-corrected chi connectivity index (χ3v) is 5.24. The van der Waals surface area contributed by atoms with Crippen LogP contribution in [-0.2, 0) is 4.74 Å². The van der Waals surface area contributed by atoms with Gasteiger partial charge in [0.15, 0.2) is 11.6 Å². The van der Waals surface area contributed by atoms with Gasteiger partial charge in [0.1, 0.15) is 23.7 Å². The summed E-state index contributed by atoms with van der Waals surface area (Å²) >= 11 is 0. The van der Waals surface area contributed by atoms with Crippen LogP contribution in [0.4, 0.5) is 21.6 Å². The van der Waals surface area contributed by atoms with Gasteiger partial charge in [0.25, 0.3) is 0 Å². The van der Waals surface area contributed by atoms with Crippen LogP contribution in [0.2, 0.25) is 0 Å². The summed E-state index contributed by atoms with van der Waals surface area (Å²) in [6, 6.07) is 5.28. The maximum Gasteiger partial charge on any atom is 0.343 e. The highest BCUT2D eigenvalue weighted by atomic mass is 19.1. The van der Waals surface area contributed by atoms with Crippen LogP contribution in [0.5, 0.6) is 5.75 Å². The van der Waals surface area contributed by atoms with Gasteiger partial charge in [-0.1, -0.05) is 6.07 Å². The quantitative estimate of drug-likeness (QED) is 0.291. The van der Waals surface area contributed by atoms with E-state index in [9.17, 15) is 9.59 Å². The predicted molar refractivity (Wildman–Crippen MR) is 120 cm³/mol. The number of nitrogen functional groups attached to an aromatic ring is 1. The van der Waals surface area contributed by atoms with Crippen molar-refractivity contribution >= 4 is 34.1 Å². The number of hydrogen-bond acceptors (Lipinski definition) is 8. The van der Waals surface area contributed by atoms with Gasteiger partial charge in [-0.15, -0.1) is 0 Å². The highest BCUT2D eigenvalue weighted by molar-refractivity contribution is 6.03. The lowest BCUT2D eigenvalue weighted by molar-refractivity contribution is 0.0523. The third-order valence-electron chi connectivity index (χ3n) is 5.24. The van der Waals surface area contributed by atoms with Gasteiger partial charge in [-0.2, -0.15) is 0 Å². The molecule has 32 heavy (non-hydrogen) atoms. The number of halogens is 1. The maximum absolute atomic E-state index is 15.3. The summed E-state index contributed by atoms with van der Waals surface area (Å²) in [5, 5.41) is 6.04. The van der Waals surface area contributed by atoms with E-state index in [1.807, 2.05) is 25.1 Å². The molecule has 0 radical (unpaired) electrons. The van der Waals surface area contributed by atoms with Crippen molar-refractivity contribution in [1.82, 2.24) is 9.55 Å². The van der Waals surface area contributed by atoms with Gasteiger partial charge in [-0.05, 0) is 26.0 Å². The number of benzene rings is 1. The molecule has 0 amide bonds. The lowest BCUT2D eigenvalue weighted by Crippen LogP contribution is -2.29. The smallest absolute Gasteiger partial charge is 0.343 e. The minimum atomic E-state index is -0.801. The molecule has 4 N–H and O–H groups in total.